The van der Waals surface area contributed by atoms with Crippen LogP contribution in [0, 0.1) is 13.8 Å². The van der Waals surface area contributed by atoms with E-state index in [1.807, 2.05) is 38.1 Å². The summed E-state index contributed by atoms with van der Waals surface area (Å²) in [4.78, 5) is 55.0. The topological polar surface area (TPSA) is 147 Å². The van der Waals surface area contributed by atoms with Gasteiger partial charge in [-0.3, -0.25) is 14.6 Å². The first-order valence-electron chi connectivity index (χ1n) is 15.4. The SMILES string of the molecule is C=CC1=C(C)c2cc3nc(c(CC(=O)OC)c4[nH]c(cc5[nH]c(cc1n2)c(C)c5CC)c(C)c4C(=O)O)[C@@H](CCC(=O)OC)[C@@H]3C. The second kappa shape index (κ2) is 12.8. The number of rotatable bonds is 8. The van der Waals surface area contributed by atoms with Crippen LogP contribution < -0.4 is 0 Å². The number of ether oxygens (including phenoxy) is 2. The van der Waals surface area contributed by atoms with Gasteiger partial charge in [0.2, 0.25) is 0 Å². The number of carbonyl (C=O) groups excluding carboxylic acids is 2. The molecule has 0 amide bonds. The van der Waals surface area contributed by atoms with Crippen molar-refractivity contribution in [3.8, 4) is 0 Å². The van der Waals surface area contributed by atoms with Gasteiger partial charge in [0.05, 0.1) is 48.8 Å². The Morgan fingerprint density at radius 1 is 0.935 bits per heavy atom. The minimum absolute atomic E-state index is 0.0514. The van der Waals surface area contributed by atoms with E-state index in [9.17, 15) is 19.5 Å². The van der Waals surface area contributed by atoms with Gasteiger partial charge in [-0.25, -0.2) is 9.78 Å². The Balaban J connectivity index is 2.02. The number of aryl methyl sites for hydroxylation is 3. The number of aromatic nitrogens is 4. The van der Waals surface area contributed by atoms with Crippen LogP contribution in [-0.4, -0.2) is 57.2 Å². The Bertz CT molecular complexity index is 1980. The number of carboxylic acid groups (broad SMARTS) is 1. The molecule has 2 atom stereocenters. The lowest BCUT2D eigenvalue weighted by Crippen LogP contribution is -2.13. The number of hydrogen-bond acceptors (Lipinski definition) is 7. The average Bonchev–Trinajstić information content (AvgIpc) is 3.71. The second-order valence-electron chi connectivity index (χ2n) is 11.8. The summed E-state index contributed by atoms with van der Waals surface area (Å²) in [5.74, 6) is -2.55. The van der Waals surface area contributed by atoms with Crippen LogP contribution in [0.1, 0.15) is 101 Å². The molecule has 10 nitrogen and oxygen atoms in total. The fraction of sp³-hybridized carbons (Fsp3) is 0.361. The third-order valence-corrected chi connectivity index (χ3v) is 9.39. The zero-order valence-electron chi connectivity index (χ0n) is 27.4. The third-order valence-electron chi connectivity index (χ3n) is 9.39. The van der Waals surface area contributed by atoms with Crippen LogP contribution in [0.25, 0.3) is 33.2 Å². The zero-order valence-corrected chi connectivity index (χ0v) is 27.4. The molecule has 0 saturated heterocycles. The Hall–Kier alpha value is -4.99. The normalized spacial score (nSPS) is 16.0. The molecule has 3 aromatic heterocycles. The highest BCUT2D eigenvalue weighted by Gasteiger charge is 2.34. The quantitative estimate of drug-likeness (QED) is 0.230. The fourth-order valence-corrected chi connectivity index (χ4v) is 6.69. The van der Waals surface area contributed by atoms with Crippen LogP contribution in [0.4, 0.5) is 0 Å². The van der Waals surface area contributed by atoms with Gasteiger partial charge >= 0.3 is 17.9 Å². The molecule has 0 radical (unpaired) electrons. The van der Waals surface area contributed by atoms with Crippen molar-refractivity contribution < 1.29 is 29.0 Å². The van der Waals surface area contributed by atoms with Crippen molar-refractivity contribution in [3.63, 3.8) is 0 Å². The summed E-state index contributed by atoms with van der Waals surface area (Å²) in [5, 5.41) is 10.5. The van der Waals surface area contributed by atoms with Crippen molar-refractivity contribution in [2.45, 2.75) is 72.1 Å². The maximum absolute atomic E-state index is 12.9. The molecule has 0 saturated carbocycles. The predicted molar refractivity (Wildman–Crippen MR) is 178 cm³/mol. The van der Waals surface area contributed by atoms with E-state index in [1.54, 1.807) is 6.92 Å². The standard InChI is InChI=1S/C36H40N4O6/c1-9-21-17(3)25-14-27-19(5)23(11-12-31(41)45-7)34(39-27)24(13-32(42)46-8)35-33(36(43)44)20(6)28(40-35)16-30-22(10-2)18(4)26(38-30)15-29(21)37-25/h9,14-16,19,23,38,40H,1,10-13H2,2-8H3,(H,43,44)/t19-,23-/m0/s1. The summed E-state index contributed by atoms with van der Waals surface area (Å²) in [5.41, 5.74) is 10.4. The van der Waals surface area contributed by atoms with Crippen molar-refractivity contribution in [3.05, 3.63) is 81.4 Å². The van der Waals surface area contributed by atoms with Gasteiger partial charge in [0.25, 0.3) is 0 Å². The number of nitrogens with zero attached hydrogens (tertiary/aromatic N) is 2. The number of hydrogen-bond donors (Lipinski definition) is 3. The van der Waals surface area contributed by atoms with Gasteiger partial charge in [-0.1, -0.05) is 26.5 Å². The van der Waals surface area contributed by atoms with E-state index in [-0.39, 0.29) is 41.7 Å². The fourth-order valence-electron chi connectivity index (χ4n) is 6.69. The molecule has 10 heteroatoms. The molecular weight excluding hydrogens is 584 g/mol. The molecule has 0 aromatic carbocycles. The third kappa shape index (κ3) is 5.63. The van der Waals surface area contributed by atoms with Gasteiger partial charge in [-0.15, -0.1) is 0 Å². The Labute approximate surface area is 267 Å². The molecule has 0 spiro atoms. The molecule has 0 aliphatic carbocycles. The molecule has 5 rings (SSSR count). The number of H-pyrrole nitrogens is 2. The molecule has 8 bridgehead atoms. The van der Waals surface area contributed by atoms with Crippen molar-refractivity contribution in [2.75, 3.05) is 14.2 Å². The number of aromatic amines is 2. The molecule has 3 N–H and O–H groups in total. The summed E-state index contributed by atoms with van der Waals surface area (Å²) in [6.07, 6.45) is 2.84. The maximum Gasteiger partial charge on any atom is 0.338 e. The highest BCUT2D eigenvalue weighted by molar-refractivity contribution is 6.02. The van der Waals surface area contributed by atoms with E-state index in [1.165, 1.54) is 14.2 Å². The van der Waals surface area contributed by atoms with E-state index in [2.05, 4.69) is 30.4 Å². The predicted octanol–water partition coefficient (Wildman–Crippen LogP) is 6.86. The van der Waals surface area contributed by atoms with Crippen LogP contribution in [-0.2, 0) is 31.9 Å². The Kier molecular flexibility index (Phi) is 9.01. The van der Waals surface area contributed by atoms with E-state index < -0.39 is 11.9 Å². The van der Waals surface area contributed by atoms with Crippen LogP contribution in [0.15, 0.2) is 30.9 Å². The number of carboxylic acids is 1. The number of nitrogens with one attached hydrogen (secondary N) is 2. The summed E-state index contributed by atoms with van der Waals surface area (Å²) in [7, 11) is 2.64. The number of aromatic carboxylic acids is 1. The van der Waals surface area contributed by atoms with Gasteiger partial charge in [0.1, 0.15) is 0 Å². The highest BCUT2D eigenvalue weighted by atomic mass is 16.5. The molecule has 0 unspecified atom stereocenters. The number of allylic oxidation sites excluding steroid dienone is 3. The van der Waals surface area contributed by atoms with Gasteiger partial charge in [0.15, 0.2) is 0 Å². The first-order chi connectivity index (χ1) is 21.9. The van der Waals surface area contributed by atoms with E-state index in [0.29, 0.717) is 34.5 Å². The van der Waals surface area contributed by atoms with Gasteiger partial charge in [-0.05, 0) is 74.1 Å². The monoisotopic (exact) mass is 624 g/mol. The molecule has 2 aliphatic rings. The van der Waals surface area contributed by atoms with Crippen LogP contribution >= 0.6 is 0 Å². The number of methoxy groups -OCH3 is 2. The van der Waals surface area contributed by atoms with Crippen LogP contribution in [0.2, 0.25) is 0 Å². The van der Waals surface area contributed by atoms with Crippen molar-refractivity contribution in [2.24, 2.45) is 0 Å². The van der Waals surface area contributed by atoms with Crippen LogP contribution in [0.5, 0.6) is 0 Å². The Morgan fingerprint density at radius 2 is 1.63 bits per heavy atom. The molecule has 46 heavy (non-hydrogen) atoms. The van der Waals surface area contributed by atoms with Crippen LogP contribution in [0.3, 0.4) is 0 Å². The minimum atomic E-state index is -1.13. The maximum atomic E-state index is 12.9. The molecule has 2 aliphatic heterocycles. The van der Waals surface area contributed by atoms with Crippen molar-refractivity contribution in [1.29, 1.82) is 0 Å². The summed E-state index contributed by atoms with van der Waals surface area (Å²) >= 11 is 0. The Morgan fingerprint density at radius 3 is 2.26 bits per heavy atom. The summed E-state index contributed by atoms with van der Waals surface area (Å²) in [6.45, 7) is 14.0. The molecule has 5 heterocycles. The van der Waals surface area contributed by atoms with Gasteiger partial charge < -0.3 is 24.5 Å². The first kappa shape index (κ1) is 32.4. The molecular formula is C36H40N4O6. The zero-order chi connectivity index (χ0) is 33.4. The average molecular weight is 625 g/mol. The van der Waals surface area contributed by atoms with Gasteiger partial charge in [-0.2, -0.15) is 0 Å². The second-order valence-corrected chi connectivity index (χ2v) is 11.8. The lowest BCUT2D eigenvalue weighted by Gasteiger charge is -2.17. The lowest BCUT2D eigenvalue weighted by molar-refractivity contribution is -0.141. The van der Waals surface area contributed by atoms with Crippen molar-refractivity contribution in [1.82, 2.24) is 19.9 Å². The number of fused-ring (bicyclic) bond motifs is 8. The smallest absolute Gasteiger partial charge is 0.338 e. The highest BCUT2D eigenvalue weighted by Crippen LogP contribution is 2.43. The molecule has 3 aromatic rings. The minimum Gasteiger partial charge on any atom is -0.478 e. The van der Waals surface area contributed by atoms with Gasteiger partial charge in [0, 0.05) is 51.6 Å². The largest absolute Gasteiger partial charge is 0.478 e. The lowest BCUT2D eigenvalue weighted by atomic mass is 9.85. The molecule has 0 fully saturated rings. The molecule has 240 valence electrons. The van der Waals surface area contributed by atoms with Crippen molar-refractivity contribution >= 4 is 51.1 Å². The number of esters is 2. The summed E-state index contributed by atoms with van der Waals surface area (Å²) < 4.78 is 10.0. The summed E-state index contributed by atoms with van der Waals surface area (Å²) in [6, 6.07) is 5.87. The van der Waals surface area contributed by atoms with E-state index >= 15 is 0 Å². The van der Waals surface area contributed by atoms with E-state index in [4.69, 9.17) is 19.4 Å². The number of carbonyl (C=O) groups is 3. The first-order valence-corrected chi connectivity index (χ1v) is 15.4. The van der Waals surface area contributed by atoms with E-state index in [0.717, 1.165) is 51.1 Å².